The second-order valence-corrected chi connectivity index (χ2v) is 12.0. The van der Waals surface area contributed by atoms with E-state index in [0.717, 1.165) is 30.5 Å². The van der Waals surface area contributed by atoms with Crippen LogP contribution in [0.15, 0.2) is 16.1 Å². The molecule has 0 aromatic carbocycles. The van der Waals surface area contributed by atoms with Crippen LogP contribution in [-0.2, 0) is 25.7 Å². The number of carbonyl (C=O) groups excluding carboxylic acids is 3. The third kappa shape index (κ3) is 9.92. The zero-order valence-electron chi connectivity index (χ0n) is 23.8. The van der Waals surface area contributed by atoms with Gasteiger partial charge in [-0.05, 0) is 57.6 Å². The van der Waals surface area contributed by atoms with Crippen molar-refractivity contribution in [2.75, 3.05) is 0 Å². The number of aliphatic hydroxyl groups is 3. The number of aliphatic hydroxyl groups excluding tert-OH is 3. The summed E-state index contributed by atoms with van der Waals surface area (Å²) in [6.45, 7) is 12.6. The number of Topliss-reactive ketones (excluding diaryl/α,β-unsaturated/α-hetero) is 1. The van der Waals surface area contributed by atoms with Gasteiger partial charge in [0.15, 0.2) is 0 Å². The van der Waals surface area contributed by atoms with E-state index in [2.05, 4.69) is 21.9 Å². The first-order chi connectivity index (χ1) is 18.2. The van der Waals surface area contributed by atoms with E-state index in [4.69, 9.17) is 19.9 Å². The molecule has 39 heavy (non-hydrogen) atoms. The van der Waals surface area contributed by atoms with Gasteiger partial charge in [0, 0.05) is 21.6 Å². The van der Waals surface area contributed by atoms with E-state index < -0.39 is 23.5 Å². The Balaban J connectivity index is 0.00000242. The highest BCUT2D eigenvalue weighted by Gasteiger charge is 2.52. The van der Waals surface area contributed by atoms with Crippen LogP contribution in [0.1, 0.15) is 84.9 Å². The second-order valence-electron chi connectivity index (χ2n) is 11.1. The molecular weight excluding hydrogens is 524 g/mol. The Morgan fingerprint density at radius 2 is 1.97 bits per heavy atom. The largest absolute Gasteiger partial charge is 0.392 e. The van der Waals surface area contributed by atoms with Gasteiger partial charge < -0.3 is 20.1 Å². The number of ketones is 1. The lowest BCUT2D eigenvalue weighted by atomic mass is 9.74. The molecular formula is C27H42N4O7S. The van der Waals surface area contributed by atoms with Gasteiger partial charge in [0.05, 0.1) is 42.3 Å². The molecule has 0 unspecified atom stereocenters. The molecule has 12 heteroatoms. The summed E-state index contributed by atoms with van der Waals surface area (Å²) >= 11 is 1.38. The number of hydrogen-bond acceptors (Lipinski definition) is 10. The number of azide groups is 1. The molecule has 1 aromatic heterocycles. The van der Waals surface area contributed by atoms with Crippen molar-refractivity contribution >= 4 is 29.3 Å². The predicted molar refractivity (Wildman–Crippen MR) is 146 cm³/mol. The van der Waals surface area contributed by atoms with E-state index in [-0.39, 0.29) is 42.2 Å². The molecule has 0 aliphatic carbocycles. The van der Waals surface area contributed by atoms with Crippen LogP contribution in [0.4, 0.5) is 0 Å². The molecule has 0 bridgehead atoms. The second kappa shape index (κ2) is 15.4. The molecule has 1 fully saturated rings. The van der Waals surface area contributed by atoms with Crippen LogP contribution in [0, 0.1) is 17.3 Å². The van der Waals surface area contributed by atoms with Crippen LogP contribution in [-0.4, -0.2) is 62.2 Å². The number of carbonyl (C=O) groups is 1. The minimum atomic E-state index is -0.904. The average Bonchev–Trinajstić information content (AvgIpc) is 3.28. The number of thiazole rings is 1. The first-order valence-corrected chi connectivity index (χ1v) is 13.9. The van der Waals surface area contributed by atoms with Gasteiger partial charge in [-0.1, -0.05) is 44.8 Å². The Kier molecular flexibility index (Phi) is 13.6. The number of ether oxygens (including phenoxy) is 1. The minimum Gasteiger partial charge on any atom is -0.392 e. The molecule has 11 nitrogen and oxygen atoms in total. The van der Waals surface area contributed by atoms with Crippen LogP contribution in [0.2, 0.25) is 0 Å². The molecule has 0 saturated carbocycles. The lowest BCUT2D eigenvalue weighted by Crippen LogP contribution is -2.43. The molecule has 0 radical (unpaired) electrons. The highest BCUT2D eigenvalue weighted by atomic mass is 32.1. The summed E-state index contributed by atoms with van der Waals surface area (Å²) in [5.41, 5.74) is 9.46. The van der Waals surface area contributed by atoms with Gasteiger partial charge in [-0.3, -0.25) is 4.79 Å². The molecule has 1 aromatic rings. The average molecular weight is 567 g/mol. The molecule has 218 valence electrons. The monoisotopic (exact) mass is 566 g/mol. The molecule has 1 aliphatic rings. The number of rotatable bonds is 15. The van der Waals surface area contributed by atoms with E-state index in [0.29, 0.717) is 11.4 Å². The van der Waals surface area contributed by atoms with E-state index in [1.165, 1.54) is 11.3 Å². The molecule has 3 N–H and O–H groups in total. The Hall–Kier alpha value is -2.43. The third-order valence-corrected chi connectivity index (χ3v) is 8.64. The number of epoxide rings is 1. The summed E-state index contributed by atoms with van der Waals surface area (Å²) < 4.78 is 6.00. The lowest BCUT2D eigenvalue weighted by molar-refractivity contribution is -0.191. The van der Waals surface area contributed by atoms with Crippen molar-refractivity contribution in [2.24, 2.45) is 22.4 Å². The van der Waals surface area contributed by atoms with Crippen LogP contribution in [0.5, 0.6) is 0 Å². The van der Waals surface area contributed by atoms with E-state index in [1.807, 2.05) is 25.3 Å². The van der Waals surface area contributed by atoms with Crippen LogP contribution >= 0.6 is 11.3 Å². The van der Waals surface area contributed by atoms with Crippen molar-refractivity contribution in [1.82, 2.24) is 4.98 Å². The van der Waals surface area contributed by atoms with E-state index >= 15 is 0 Å². The smallest absolute Gasteiger partial charge is 0.373 e. The van der Waals surface area contributed by atoms with Gasteiger partial charge in [-0.15, -0.1) is 11.3 Å². The summed E-state index contributed by atoms with van der Waals surface area (Å²) in [6.07, 6.45) is 3.47. The van der Waals surface area contributed by atoms with Gasteiger partial charge in [0.2, 0.25) is 0 Å². The fourth-order valence-electron chi connectivity index (χ4n) is 4.58. The van der Waals surface area contributed by atoms with Crippen molar-refractivity contribution in [3.63, 3.8) is 0 Å². The Labute approximate surface area is 233 Å². The highest BCUT2D eigenvalue weighted by Crippen LogP contribution is 2.44. The molecule has 1 saturated heterocycles. The minimum absolute atomic E-state index is 0.0349. The van der Waals surface area contributed by atoms with E-state index in [9.17, 15) is 20.1 Å². The van der Waals surface area contributed by atoms with Gasteiger partial charge in [0.25, 0.3) is 0 Å². The fraction of sp³-hybridized carbons (Fsp3) is 0.741. The van der Waals surface area contributed by atoms with E-state index in [1.54, 1.807) is 27.7 Å². The molecule has 7 atom stereocenters. The molecule has 2 heterocycles. The maximum absolute atomic E-state index is 12.8. The lowest BCUT2D eigenvalue weighted by Gasteiger charge is -2.33. The van der Waals surface area contributed by atoms with Gasteiger partial charge in [-0.2, -0.15) is 9.59 Å². The van der Waals surface area contributed by atoms with Crippen molar-refractivity contribution < 1.29 is 34.4 Å². The zero-order chi connectivity index (χ0) is 30.0. The quantitative estimate of drug-likeness (QED) is 0.120. The molecule has 0 amide bonds. The maximum Gasteiger partial charge on any atom is 0.373 e. The normalized spacial score (nSPS) is 22.7. The Bertz CT molecular complexity index is 1060. The van der Waals surface area contributed by atoms with Gasteiger partial charge in [-0.25, -0.2) is 4.98 Å². The maximum atomic E-state index is 12.8. The summed E-state index contributed by atoms with van der Waals surface area (Å²) in [4.78, 5) is 36.4. The Morgan fingerprint density at radius 1 is 1.36 bits per heavy atom. The van der Waals surface area contributed by atoms with Crippen molar-refractivity contribution in [1.29, 1.82) is 0 Å². The summed E-state index contributed by atoms with van der Waals surface area (Å²) in [7, 11) is 0. The third-order valence-electron chi connectivity index (χ3n) is 7.79. The van der Waals surface area contributed by atoms with Crippen molar-refractivity contribution in [3.05, 3.63) is 32.1 Å². The fourth-order valence-corrected chi connectivity index (χ4v) is 5.19. The summed E-state index contributed by atoms with van der Waals surface area (Å²) in [5.74, 6) is -0.764. The number of aromatic nitrogens is 1. The number of nitrogens with zero attached hydrogens (tertiary/aromatic N) is 4. The van der Waals surface area contributed by atoms with Crippen LogP contribution in [0.25, 0.3) is 16.5 Å². The topological polar surface area (TPSA) is 186 Å². The van der Waals surface area contributed by atoms with Crippen LogP contribution < -0.4 is 0 Å². The molecule has 1 aliphatic heterocycles. The first-order valence-electron chi connectivity index (χ1n) is 13.0. The molecule has 0 spiro atoms. The SMILES string of the molecule is C/C(=C\c1csc(CO)n1)[C@H](C[C@@H]1O[C@]1(C)CCC[C@H](C)[C@H](O)[C@@H](C)C(=O)C(C)(C)[C@H](C)O)N=[N+]=[N-].O=C=O. The summed E-state index contributed by atoms with van der Waals surface area (Å²) in [6, 6.07) is -0.356. The predicted octanol–water partition coefficient (Wildman–Crippen LogP) is 4.46. The van der Waals surface area contributed by atoms with Gasteiger partial charge >= 0.3 is 6.15 Å². The highest BCUT2D eigenvalue weighted by molar-refractivity contribution is 7.09. The Morgan fingerprint density at radius 3 is 2.49 bits per heavy atom. The zero-order valence-corrected chi connectivity index (χ0v) is 24.6. The molecule has 2 rings (SSSR count). The number of hydrogen-bond donors (Lipinski definition) is 3. The van der Waals surface area contributed by atoms with Crippen molar-refractivity contribution in [2.45, 2.75) is 111 Å². The van der Waals surface area contributed by atoms with Gasteiger partial charge in [0.1, 0.15) is 10.8 Å². The standard InChI is InChI=1S/C26H42N4O5S.CO2/c1-15(23(33)17(3)24(34)25(5,6)18(4)32)9-8-10-26(7)21(35-26)12-20(29-30-27)16(2)11-19-14-36-22(13-31)28-19;2-1-3/h11,14-15,17-18,20-21,23,31-33H,8-10,12-13H2,1-7H3;/b16-11+;/t15-,17+,18-,20-,21-,23-,26+;/m0./s1. The first kappa shape index (κ1) is 34.6. The summed E-state index contributed by atoms with van der Waals surface area (Å²) in [5, 5.41) is 36.4. The van der Waals surface area contributed by atoms with Crippen LogP contribution in [0.3, 0.4) is 0 Å². The van der Waals surface area contributed by atoms with Crippen molar-refractivity contribution in [3.8, 4) is 0 Å².